The molecule has 0 unspecified atom stereocenters. The van der Waals surface area contributed by atoms with Gasteiger partial charge in [0.1, 0.15) is 6.04 Å². The average Bonchev–Trinajstić information content (AvgIpc) is 3.03. The molecular formula is C24H24N2O3. The largest absolute Gasteiger partial charge is 0.343 e. The van der Waals surface area contributed by atoms with E-state index in [2.05, 4.69) is 5.32 Å². The molecule has 0 spiro atoms. The first-order valence-electron chi connectivity index (χ1n) is 10.00. The predicted molar refractivity (Wildman–Crippen MR) is 110 cm³/mol. The molecule has 1 saturated heterocycles. The Balaban J connectivity index is 1.56. The van der Waals surface area contributed by atoms with Gasteiger partial charge in [-0.15, -0.1) is 0 Å². The highest BCUT2D eigenvalue weighted by Gasteiger charge is 2.50. The number of hydrogen-bond acceptors (Lipinski definition) is 3. The Morgan fingerprint density at radius 1 is 0.862 bits per heavy atom. The molecule has 5 nitrogen and oxygen atoms in total. The van der Waals surface area contributed by atoms with Crippen molar-refractivity contribution >= 4 is 17.7 Å². The lowest BCUT2D eigenvalue weighted by Crippen LogP contribution is -2.49. The van der Waals surface area contributed by atoms with E-state index in [9.17, 15) is 14.4 Å². The Bertz CT molecular complexity index is 874. The van der Waals surface area contributed by atoms with Gasteiger partial charge in [0.2, 0.25) is 17.7 Å². The first-order chi connectivity index (χ1) is 14.1. The van der Waals surface area contributed by atoms with Gasteiger partial charge in [0.05, 0.1) is 17.9 Å². The van der Waals surface area contributed by atoms with Crippen LogP contribution >= 0.6 is 0 Å². The van der Waals surface area contributed by atoms with Crippen molar-refractivity contribution in [3.63, 3.8) is 0 Å². The smallest absolute Gasteiger partial charge is 0.243 e. The van der Waals surface area contributed by atoms with Gasteiger partial charge in [0, 0.05) is 0 Å². The number of carbonyl (C=O) groups excluding carboxylic acids is 3. The summed E-state index contributed by atoms with van der Waals surface area (Å²) in [6.07, 6.45) is 5.02. The third kappa shape index (κ3) is 3.60. The third-order valence-electron chi connectivity index (χ3n) is 5.86. The molecule has 5 heteroatoms. The number of hydrogen-bond donors (Lipinski definition) is 1. The summed E-state index contributed by atoms with van der Waals surface area (Å²) < 4.78 is 0. The molecule has 3 amide bonds. The van der Waals surface area contributed by atoms with E-state index in [1.54, 1.807) is 6.92 Å². The molecule has 0 radical (unpaired) electrons. The van der Waals surface area contributed by atoms with Gasteiger partial charge >= 0.3 is 0 Å². The van der Waals surface area contributed by atoms with Gasteiger partial charge in [-0.1, -0.05) is 72.8 Å². The minimum Gasteiger partial charge on any atom is -0.343 e. The van der Waals surface area contributed by atoms with Crippen LogP contribution in [0.5, 0.6) is 0 Å². The van der Waals surface area contributed by atoms with E-state index in [0.29, 0.717) is 12.8 Å². The maximum absolute atomic E-state index is 13.1. The number of rotatable bonds is 5. The van der Waals surface area contributed by atoms with Gasteiger partial charge in [-0.05, 0) is 30.9 Å². The summed E-state index contributed by atoms with van der Waals surface area (Å²) in [5.74, 6) is -1.47. The lowest BCUT2D eigenvalue weighted by atomic mass is 9.85. The summed E-state index contributed by atoms with van der Waals surface area (Å²) in [7, 11) is 0. The molecule has 1 heterocycles. The molecule has 2 aromatic rings. The fraction of sp³-hybridized carbons (Fsp3) is 0.292. The van der Waals surface area contributed by atoms with E-state index < -0.39 is 6.04 Å². The Morgan fingerprint density at radius 3 is 1.76 bits per heavy atom. The molecule has 0 saturated carbocycles. The molecule has 29 heavy (non-hydrogen) atoms. The molecule has 1 fully saturated rings. The van der Waals surface area contributed by atoms with Crippen LogP contribution in [0.25, 0.3) is 0 Å². The summed E-state index contributed by atoms with van der Waals surface area (Å²) in [6, 6.07) is 18.1. The normalized spacial score (nSPS) is 21.9. The summed E-state index contributed by atoms with van der Waals surface area (Å²) in [4.78, 5) is 39.9. The number of benzene rings is 2. The molecule has 148 valence electrons. The maximum atomic E-state index is 13.1. The maximum Gasteiger partial charge on any atom is 0.243 e. The number of carbonyl (C=O) groups is 3. The SMILES string of the molecule is C[C@H](C(=O)NC(c1ccccc1)c1ccccc1)N1C(=O)[C@H]2CC=CC[C@@H]2C1=O. The van der Waals surface area contributed by atoms with Crippen LogP contribution in [0, 0.1) is 11.8 Å². The van der Waals surface area contributed by atoms with Crippen molar-refractivity contribution in [2.45, 2.75) is 31.8 Å². The highest BCUT2D eigenvalue weighted by Crippen LogP contribution is 2.36. The summed E-state index contributed by atoms with van der Waals surface area (Å²) in [5, 5.41) is 3.05. The number of amides is 3. The van der Waals surface area contributed by atoms with Crippen LogP contribution in [0.1, 0.15) is 36.9 Å². The van der Waals surface area contributed by atoms with Gasteiger partial charge in [-0.25, -0.2) is 0 Å². The van der Waals surface area contributed by atoms with Gasteiger partial charge in [0.25, 0.3) is 0 Å². The first-order valence-corrected chi connectivity index (χ1v) is 10.00. The molecule has 1 aliphatic heterocycles. The molecule has 1 aliphatic carbocycles. The second-order valence-electron chi connectivity index (χ2n) is 7.64. The van der Waals surface area contributed by atoms with E-state index in [1.807, 2.05) is 72.8 Å². The number of allylic oxidation sites excluding steroid dienone is 2. The van der Waals surface area contributed by atoms with Crippen LogP contribution < -0.4 is 5.32 Å². The van der Waals surface area contributed by atoms with E-state index in [-0.39, 0.29) is 35.6 Å². The molecule has 0 bridgehead atoms. The lowest BCUT2D eigenvalue weighted by molar-refractivity contribution is -0.147. The average molecular weight is 388 g/mol. The Hall–Kier alpha value is -3.21. The summed E-state index contributed by atoms with van der Waals surface area (Å²) in [5.41, 5.74) is 1.88. The van der Waals surface area contributed by atoms with E-state index >= 15 is 0 Å². The van der Waals surface area contributed by atoms with Crippen molar-refractivity contribution in [1.29, 1.82) is 0 Å². The topological polar surface area (TPSA) is 66.5 Å². The fourth-order valence-electron chi connectivity index (χ4n) is 4.24. The highest BCUT2D eigenvalue weighted by molar-refractivity contribution is 6.08. The van der Waals surface area contributed by atoms with Crippen LogP contribution in [0.4, 0.5) is 0 Å². The quantitative estimate of drug-likeness (QED) is 0.632. The lowest BCUT2D eigenvalue weighted by Gasteiger charge is -2.26. The van der Waals surface area contributed by atoms with Crippen molar-refractivity contribution in [1.82, 2.24) is 10.2 Å². The minimum absolute atomic E-state index is 0.233. The summed E-state index contributed by atoms with van der Waals surface area (Å²) >= 11 is 0. The fourth-order valence-corrected chi connectivity index (χ4v) is 4.24. The zero-order valence-corrected chi connectivity index (χ0v) is 16.3. The molecule has 1 N–H and O–H groups in total. The number of nitrogens with zero attached hydrogens (tertiary/aromatic N) is 1. The van der Waals surface area contributed by atoms with Crippen LogP contribution in [-0.2, 0) is 14.4 Å². The van der Waals surface area contributed by atoms with Gasteiger partial charge < -0.3 is 5.32 Å². The monoisotopic (exact) mass is 388 g/mol. The van der Waals surface area contributed by atoms with Crippen LogP contribution in [0.2, 0.25) is 0 Å². The molecule has 4 rings (SSSR count). The zero-order valence-electron chi connectivity index (χ0n) is 16.3. The Kier molecular flexibility index (Phi) is 5.30. The van der Waals surface area contributed by atoms with Gasteiger partial charge in [0.15, 0.2) is 0 Å². The van der Waals surface area contributed by atoms with Crippen molar-refractivity contribution in [3.05, 3.63) is 83.9 Å². The second kappa shape index (κ2) is 8.03. The zero-order chi connectivity index (χ0) is 20.4. The molecule has 0 aromatic heterocycles. The first kappa shape index (κ1) is 19.1. The molecule has 2 aliphatic rings. The van der Waals surface area contributed by atoms with E-state index in [0.717, 1.165) is 11.1 Å². The minimum atomic E-state index is -0.851. The number of fused-ring (bicyclic) bond motifs is 1. The number of nitrogens with one attached hydrogen (secondary N) is 1. The number of imide groups is 1. The van der Waals surface area contributed by atoms with Crippen LogP contribution in [-0.4, -0.2) is 28.7 Å². The Morgan fingerprint density at radius 2 is 1.31 bits per heavy atom. The highest BCUT2D eigenvalue weighted by atomic mass is 16.2. The van der Waals surface area contributed by atoms with Crippen molar-refractivity contribution in [2.24, 2.45) is 11.8 Å². The Labute approximate surface area is 170 Å². The van der Waals surface area contributed by atoms with Gasteiger partial charge in [-0.2, -0.15) is 0 Å². The molecular weight excluding hydrogens is 364 g/mol. The number of likely N-dealkylation sites (tertiary alicyclic amines) is 1. The third-order valence-corrected chi connectivity index (χ3v) is 5.86. The molecule has 3 atom stereocenters. The predicted octanol–water partition coefficient (Wildman–Crippen LogP) is 3.23. The van der Waals surface area contributed by atoms with E-state index in [4.69, 9.17) is 0 Å². The van der Waals surface area contributed by atoms with E-state index in [1.165, 1.54) is 4.90 Å². The summed E-state index contributed by atoms with van der Waals surface area (Å²) in [6.45, 7) is 1.63. The van der Waals surface area contributed by atoms with Crippen molar-refractivity contribution < 1.29 is 14.4 Å². The standard InChI is InChI=1S/C24H24N2O3/c1-16(26-23(28)19-14-8-9-15-20(19)24(26)29)22(27)25-21(17-10-4-2-5-11-17)18-12-6-3-7-13-18/h2-13,16,19-21H,14-15H2,1H3,(H,25,27)/t16-,19+,20+/m1/s1. The van der Waals surface area contributed by atoms with Crippen LogP contribution in [0.15, 0.2) is 72.8 Å². The van der Waals surface area contributed by atoms with Crippen molar-refractivity contribution in [3.8, 4) is 0 Å². The van der Waals surface area contributed by atoms with Crippen molar-refractivity contribution in [2.75, 3.05) is 0 Å². The second-order valence-corrected chi connectivity index (χ2v) is 7.64. The van der Waals surface area contributed by atoms with Crippen LogP contribution in [0.3, 0.4) is 0 Å². The molecule has 2 aromatic carbocycles. The van der Waals surface area contributed by atoms with Gasteiger partial charge in [-0.3, -0.25) is 19.3 Å².